The van der Waals surface area contributed by atoms with Crippen LogP contribution in [0.3, 0.4) is 0 Å². The summed E-state index contributed by atoms with van der Waals surface area (Å²) in [5, 5.41) is 21.5. The Morgan fingerprint density at radius 2 is 2.33 bits per heavy atom. The largest absolute Gasteiger partial charge is 0.595 e. The van der Waals surface area contributed by atoms with Crippen LogP contribution in [-0.4, -0.2) is 16.8 Å². The summed E-state index contributed by atoms with van der Waals surface area (Å²) in [6.45, 7) is 2.23. The maximum Gasteiger partial charge on any atom is 0.206 e. The third kappa shape index (κ3) is 2.59. The van der Waals surface area contributed by atoms with E-state index >= 15 is 0 Å². The standard InChI is InChI=1S/C11H13N3O3S/c1-2-17-10-4-3-7(5-9(10)14(15)16)8-6-18-11(12)13-8/h3-6,14-15H,2H2,1H3,(H2,12,13). The summed E-state index contributed by atoms with van der Waals surface area (Å²) in [5.74, 6) is 0.358. The molecule has 0 saturated heterocycles. The van der Waals surface area contributed by atoms with Crippen molar-refractivity contribution in [1.29, 1.82) is 0 Å². The summed E-state index contributed by atoms with van der Waals surface area (Å²) in [6.07, 6.45) is 0. The molecule has 2 rings (SSSR count). The summed E-state index contributed by atoms with van der Waals surface area (Å²) in [4.78, 5) is 4.12. The molecule has 1 atom stereocenters. The molecule has 0 spiro atoms. The molecule has 0 fully saturated rings. The smallest absolute Gasteiger partial charge is 0.206 e. The van der Waals surface area contributed by atoms with Crippen molar-refractivity contribution in [3.63, 3.8) is 0 Å². The quantitative estimate of drug-likeness (QED) is 0.723. The third-order valence-corrected chi connectivity index (χ3v) is 3.00. The van der Waals surface area contributed by atoms with Gasteiger partial charge in [-0.15, -0.1) is 11.3 Å². The van der Waals surface area contributed by atoms with Gasteiger partial charge in [0.2, 0.25) is 5.69 Å². The van der Waals surface area contributed by atoms with Crippen molar-refractivity contribution in [1.82, 2.24) is 4.98 Å². The van der Waals surface area contributed by atoms with Crippen molar-refractivity contribution in [3.05, 3.63) is 28.8 Å². The average Bonchev–Trinajstić information content (AvgIpc) is 2.76. The molecular formula is C11H13N3O3S. The fourth-order valence-electron chi connectivity index (χ4n) is 1.56. The van der Waals surface area contributed by atoms with Crippen LogP contribution >= 0.6 is 11.3 Å². The van der Waals surface area contributed by atoms with Crippen LogP contribution in [0.15, 0.2) is 23.6 Å². The lowest BCUT2D eigenvalue weighted by Crippen LogP contribution is -2.99. The number of nitrogens with zero attached hydrogens (tertiary/aromatic N) is 1. The molecule has 0 amide bonds. The number of anilines is 1. The predicted octanol–water partition coefficient (Wildman–Crippen LogP) is 1.19. The van der Waals surface area contributed by atoms with Crippen LogP contribution < -0.4 is 15.7 Å². The Labute approximate surface area is 108 Å². The zero-order valence-corrected chi connectivity index (χ0v) is 10.5. The molecule has 96 valence electrons. The topological polar surface area (TPSA) is 95.9 Å². The first-order valence-corrected chi connectivity index (χ1v) is 6.21. The Hall–Kier alpha value is -1.67. The first kappa shape index (κ1) is 12.8. The molecular weight excluding hydrogens is 254 g/mol. The number of quaternary nitrogens is 1. The summed E-state index contributed by atoms with van der Waals surface area (Å²) in [6, 6.07) is 4.95. The fourth-order valence-corrected chi connectivity index (χ4v) is 2.13. The van der Waals surface area contributed by atoms with E-state index in [9.17, 15) is 5.21 Å². The van der Waals surface area contributed by atoms with E-state index in [0.717, 1.165) is 0 Å². The highest BCUT2D eigenvalue weighted by molar-refractivity contribution is 7.13. The van der Waals surface area contributed by atoms with Gasteiger partial charge in [0.25, 0.3) is 0 Å². The van der Waals surface area contributed by atoms with Crippen LogP contribution in [0.4, 0.5) is 10.8 Å². The second-order valence-corrected chi connectivity index (χ2v) is 4.41. The number of aromatic nitrogens is 1. The molecule has 1 heterocycles. The Kier molecular flexibility index (Phi) is 3.78. The molecule has 1 aromatic heterocycles. The number of hydrogen-bond acceptors (Lipinski definition) is 6. The van der Waals surface area contributed by atoms with Crippen LogP contribution in [0.2, 0.25) is 0 Å². The first-order valence-electron chi connectivity index (χ1n) is 5.33. The number of rotatable bonds is 4. The molecule has 0 aliphatic rings. The lowest BCUT2D eigenvalue weighted by molar-refractivity contribution is -0.991. The van der Waals surface area contributed by atoms with E-state index in [1.807, 2.05) is 0 Å². The van der Waals surface area contributed by atoms with E-state index in [1.165, 1.54) is 11.3 Å². The molecule has 0 aliphatic carbocycles. The lowest BCUT2D eigenvalue weighted by Gasteiger charge is -2.16. The highest BCUT2D eigenvalue weighted by atomic mass is 32.1. The summed E-state index contributed by atoms with van der Waals surface area (Å²) in [5.41, 5.74) is 7.06. The molecule has 2 aromatic rings. The zero-order valence-electron chi connectivity index (χ0n) is 9.71. The van der Waals surface area contributed by atoms with Crippen LogP contribution in [0.25, 0.3) is 11.3 Å². The van der Waals surface area contributed by atoms with E-state index < -0.39 is 5.23 Å². The van der Waals surface area contributed by atoms with Crippen molar-refractivity contribution in [2.75, 3.05) is 12.3 Å². The van der Waals surface area contributed by atoms with E-state index in [1.54, 1.807) is 30.5 Å². The molecule has 0 saturated carbocycles. The van der Waals surface area contributed by atoms with E-state index in [0.29, 0.717) is 28.7 Å². The van der Waals surface area contributed by atoms with Crippen molar-refractivity contribution < 1.29 is 15.2 Å². The molecule has 4 N–H and O–H groups in total. The van der Waals surface area contributed by atoms with E-state index in [4.69, 9.17) is 15.7 Å². The minimum Gasteiger partial charge on any atom is -0.595 e. The maximum absolute atomic E-state index is 11.2. The van der Waals surface area contributed by atoms with Gasteiger partial charge in [0, 0.05) is 17.0 Å². The van der Waals surface area contributed by atoms with Gasteiger partial charge < -0.3 is 15.7 Å². The van der Waals surface area contributed by atoms with Crippen molar-refractivity contribution >= 4 is 22.2 Å². The van der Waals surface area contributed by atoms with Gasteiger partial charge in [0.1, 0.15) is 0 Å². The second-order valence-electron chi connectivity index (χ2n) is 3.52. The van der Waals surface area contributed by atoms with E-state index in [-0.39, 0.29) is 5.69 Å². The maximum atomic E-state index is 11.2. The molecule has 18 heavy (non-hydrogen) atoms. The van der Waals surface area contributed by atoms with Crippen molar-refractivity contribution in [3.8, 4) is 17.0 Å². The molecule has 0 radical (unpaired) electrons. The monoisotopic (exact) mass is 267 g/mol. The minimum atomic E-state index is -1.02. The Balaban J connectivity index is 2.42. The van der Waals surface area contributed by atoms with Crippen LogP contribution in [0, 0.1) is 5.21 Å². The van der Waals surface area contributed by atoms with Gasteiger partial charge >= 0.3 is 0 Å². The van der Waals surface area contributed by atoms with Gasteiger partial charge in [-0.25, -0.2) is 10.2 Å². The number of nitrogens with one attached hydrogen (secondary N) is 1. The molecule has 1 aromatic carbocycles. The Bertz CT molecular complexity index is 542. The van der Waals surface area contributed by atoms with Gasteiger partial charge in [0.05, 0.1) is 12.3 Å². The number of ether oxygens (including phenoxy) is 1. The number of benzene rings is 1. The molecule has 0 bridgehead atoms. The van der Waals surface area contributed by atoms with Crippen molar-refractivity contribution in [2.45, 2.75) is 6.92 Å². The summed E-state index contributed by atoms with van der Waals surface area (Å²) < 4.78 is 5.27. The van der Waals surface area contributed by atoms with Gasteiger partial charge in [-0.1, -0.05) is 0 Å². The second kappa shape index (κ2) is 5.32. The van der Waals surface area contributed by atoms with Crippen molar-refractivity contribution in [2.24, 2.45) is 0 Å². The van der Waals surface area contributed by atoms with E-state index in [2.05, 4.69) is 4.98 Å². The zero-order chi connectivity index (χ0) is 13.1. The summed E-state index contributed by atoms with van der Waals surface area (Å²) in [7, 11) is 0. The summed E-state index contributed by atoms with van der Waals surface area (Å²) >= 11 is 1.32. The average molecular weight is 267 g/mol. The van der Waals surface area contributed by atoms with Gasteiger partial charge in [-0.2, -0.15) is 5.23 Å². The molecule has 6 nitrogen and oxygen atoms in total. The number of hydrogen-bond donors (Lipinski definition) is 3. The third-order valence-electron chi connectivity index (χ3n) is 2.33. The Morgan fingerprint density at radius 3 is 2.89 bits per heavy atom. The number of thiazole rings is 1. The predicted molar refractivity (Wildman–Crippen MR) is 68.9 cm³/mol. The van der Waals surface area contributed by atoms with Gasteiger partial charge in [-0.3, -0.25) is 0 Å². The fraction of sp³-hybridized carbons (Fsp3) is 0.182. The normalized spacial score (nSPS) is 12.4. The molecule has 7 heteroatoms. The minimum absolute atomic E-state index is 0.126. The van der Waals surface area contributed by atoms with Gasteiger partial charge in [-0.05, 0) is 19.1 Å². The highest BCUT2D eigenvalue weighted by Crippen LogP contribution is 2.29. The number of nitrogen functional groups attached to an aromatic ring is 1. The van der Waals surface area contributed by atoms with Crippen LogP contribution in [0.1, 0.15) is 6.92 Å². The van der Waals surface area contributed by atoms with Crippen LogP contribution in [0.5, 0.6) is 5.75 Å². The lowest BCUT2D eigenvalue weighted by atomic mass is 10.1. The molecule has 1 unspecified atom stereocenters. The van der Waals surface area contributed by atoms with Gasteiger partial charge in [0.15, 0.2) is 10.9 Å². The first-order chi connectivity index (χ1) is 8.61. The number of nitrogens with two attached hydrogens (primary N) is 1. The van der Waals surface area contributed by atoms with Crippen LogP contribution in [-0.2, 0) is 0 Å². The SMILES string of the molecule is CCOc1ccc(-c2csc(N)n2)cc1[NH+]([O-])O. The highest BCUT2D eigenvalue weighted by Gasteiger charge is 2.13. The molecule has 0 aliphatic heterocycles. The Morgan fingerprint density at radius 1 is 1.56 bits per heavy atom.